The molecule has 0 aromatic heterocycles. The summed E-state index contributed by atoms with van der Waals surface area (Å²) < 4.78 is 16.1. The number of hydrazine groups is 1. The van der Waals surface area contributed by atoms with Gasteiger partial charge >= 0.3 is 0 Å². The quantitative estimate of drug-likeness (QED) is 0.602. The van der Waals surface area contributed by atoms with Crippen LogP contribution in [-0.4, -0.2) is 31.6 Å². The molecule has 7 heteroatoms. The number of amides is 2. The van der Waals surface area contributed by atoms with Crippen LogP contribution >= 0.6 is 0 Å². The Balaban J connectivity index is 1.43. The van der Waals surface area contributed by atoms with Gasteiger partial charge in [0.05, 0.1) is 7.11 Å². The molecule has 0 spiro atoms. The van der Waals surface area contributed by atoms with E-state index in [1.807, 2.05) is 36.4 Å². The molecule has 0 aliphatic heterocycles. The first-order chi connectivity index (χ1) is 14.0. The predicted octanol–water partition coefficient (Wildman–Crippen LogP) is 2.84. The van der Waals surface area contributed by atoms with Crippen molar-refractivity contribution in [3.63, 3.8) is 0 Å². The molecule has 1 unspecified atom stereocenters. The summed E-state index contributed by atoms with van der Waals surface area (Å²) in [5.41, 5.74) is 4.63. The van der Waals surface area contributed by atoms with Crippen LogP contribution in [0, 0.1) is 0 Å². The summed E-state index contributed by atoms with van der Waals surface area (Å²) in [6.45, 7) is 1.35. The highest BCUT2D eigenvalue weighted by molar-refractivity contribution is 5.86. The summed E-state index contributed by atoms with van der Waals surface area (Å²) in [7, 11) is 1.57. The van der Waals surface area contributed by atoms with Gasteiger partial charge in [-0.2, -0.15) is 0 Å². The Labute approximate surface area is 168 Å². The number of fused-ring (bicyclic) bond motifs is 1. The highest BCUT2D eigenvalue weighted by Crippen LogP contribution is 2.20. The van der Waals surface area contributed by atoms with E-state index < -0.39 is 17.9 Å². The third-order valence-electron chi connectivity index (χ3n) is 4.16. The van der Waals surface area contributed by atoms with Crippen molar-refractivity contribution in [1.29, 1.82) is 0 Å². The maximum atomic E-state index is 12.1. The molecule has 0 heterocycles. The van der Waals surface area contributed by atoms with Gasteiger partial charge in [0.25, 0.3) is 11.8 Å². The molecule has 29 heavy (non-hydrogen) atoms. The van der Waals surface area contributed by atoms with Crippen molar-refractivity contribution in [1.82, 2.24) is 10.9 Å². The van der Waals surface area contributed by atoms with E-state index in [4.69, 9.17) is 14.2 Å². The lowest BCUT2D eigenvalue weighted by Gasteiger charge is -2.15. The maximum Gasteiger partial charge on any atom is 0.279 e. The highest BCUT2D eigenvalue weighted by atomic mass is 16.5. The monoisotopic (exact) mass is 394 g/mol. The van der Waals surface area contributed by atoms with Gasteiger partial charge in [-0.15, -0.1) is 0 Å². The van der Waals surface area contributed by atoms with Crippen LogP contribution in [-0.2, 0) is 9.59 Å². The van der Waals surface area contributed by atoms with Gasteiger partial charge in [-0.1, -0.05) is 30.3 Å². The van der Waals surface area contributed by atoms with E-state index in [2.05, 4.69) is 10.9 Å². The van der Waals surface area contributed by atoms with E-state index >= 15 is 0 Å². The van der Waals surface area contributed by atoms with E-state index in [0.29, 0.717) is 17.2 Å². The first-order valence-corrected chi connectivity index (χ1v) is 9.06. The number of carbonyl (C=O) groups excluding carboxylic acids is 2. The van der Waals surface area contributed by atoms with Crippen LogP contribution in [0.5, 0.6) is 17.2 Å². The highest BCUT2D eigenvalue weighted by Gasteiger charge is 2.15. The Morgan fingerprint density at radius 2 is 1.52 bits per heavy atom. The van der Waals surface area contributed by atoms with Crippen molar-refractivity contribution in [3.05, 3.63) is 66.7 Å². The summed E-state index contributed by atoms with van der Waals surface area (Å²) in [6, 6.07) is 20.3. The Kier molecular flexibility index (Phi) is 6.52. The average molecular weight is 394 g/mol. The fourth-order valence-electron chi connectivity index (χ4n) is 2.59. The zero-order chi connectivity index (χ0) is 20.6. The van der Waals surface area contributed by atoms with Crippen LogP contribution in [0.3, 0.4) is 0 Å². The summed E-state index contributed by atoms with van der Waals surface area (Å²) in [5.74, 6) is 0.803. The number of carbonyl (C=O) groups is 2. The standard InChI is InChI=1S/C22H22N2O5/c1-15(29-19-11-9-18(27-2)10-12-19)22(26)24-23-21(25)14-28-20-8-7-16-5-3-4-6-17(16)13-20/h3-13,15H,14H2,1-2H3,(H,23,25)(H,24,26). The maximum absolute atomic E-state index is 12.1. The molecule has 0 bridgehead atoms. The lowest BCUT2D eigenvalue weighted by molar-refractivity contribution is -0.133. The number of hydrogen-bond acceptors (Lipinski definition) is 5. The van der Waals surface area contributed by atoms with Crippen LogP contribution in [0.15, 0.2) is 66.7 Å². The number of ether oxygens (including phenoxy) is 3. The van der Waals surface area contributed by atoms with E-state index in [1.54, 1.807) is 44.4 Å². The molecule has 0 fully saturated rings. The third kappa shape index (κ3) is 5.62. The van der Waals surface area contributed by atoms with E-state index in [1.165, 1.54) is 0 Å². The van der Waals surface area contributed by atoms with Gasteiger partial charge in [0.15, 0.2) is 12.7 Å². The molecule has 2 amide bonds. The Hall–Kier alpha value is -3.74. The minimum Gasteiger partial charge on any atom is -0.497 e. The molecule has 3 rings (SSSR count). The van der Waals surface area contributed by atoms with E-state index in [0.717, 1.165) is 10.8 Å². The molecule has 3 aromatic rings. The van der Waals surface area contributed by atoms with E-state index in [-0.39, 0.29) is 6.61 Å². The minimum atomic E-state index is -0.801. The lowest BCUT2D eigenvalue weighted by atomic mass is 10.1. The van der Waals surface area contributed by atoms with Gasteiger partial charge in [-0.3, -0.25) is 20.4 Å². The number of rotatable bonds is 7. The fraction of sp³-hybridized carbons (Fsp3) is 0.182. The zero-order valence-electron chi connectivity index (χ0n) is 16.2. The molecule has 7 nitrogen and oxygen atoms in total. The topological polar surface area (TPSA) is 85.9 Å². The van der Waals surface area contributed by atoms with Gasteiger partial charge in [-0.05, 0) is 54.1 Å². The van der Waals surface area contributed by atoms with Crippen LogP contribution in [0.25, 0.3) is 10.8 Å². The molecule has 0 saturated heterocycles. The molecule has 0 aliphatic carbocycles. The summed E-state index contributed by atoms with van der Waals surface area (Å²) in [4.78, 5) is 24.0. The van der Waals surface area contributed by atoms with Gasteiger partial charge in [0, 0.05) is 0 Å². The summed E-state index contributed by atoms with van der Waals surface area (Å²) >= 11 is 0. The van der Waals surface area contributed by atoms with Crippen molar-refractivity contribution in [2.24, 2.45) is 0 Å². The average Bonchev–Trinajstić information content (AvgIpc) is 2.76. The number of nitrogens with one attached hydrogen (secondary N) is 2. The number of hydrogen-bond donors (Lipinski definition) is 2. The molecular formula is C22H22N2O5. The molecule has 3 aromatic carbocycles. The van der Waals surface area contributed by atoms with Crippen molar-refractivity contribution in [2.75, 3.05) is 13.7 Å². The second-order valence-electron chi connectivity index (χ2n) is 6.27. The van der Waals surface area contributed by atoms with Crippen LogP contribution in [0.2, 0.25) is 0 Å². The van der Waals surface area contributed by atoms with Crippen molar-refractivity contribution in [3.8, 4) is 17.2 Å². The largest absolute Gasteiger partial charge is 0.497 e. The molecular weight excluding hydrogens is 372 g/mol. The van der Waals surface area contributed by atoms with Crippen LogP contribution < -0.4 is 25.1 Å². The Bertz CT molecular complexity index is 988. The molecule has 0 aliphatic rings. The van der Waals surface area contributed by atoms with Crippen LogP contribution in [0.1, 0.15) is 6.92 Å². The fourth-order valence-corrected chi connectivity index (χ4v) is 2.59. The van der Waals surface area contributed by atoms with E-state index in [9.17, 15) is 9.59 Å². The number of methoxy groups -OCH3 is 1. The zero-order valence-corrected chi connectivity index (χ0v) is 16.2. The normalized spacial score (nSPS) is 11.4. The van der Waals surface area contributed by atoms with Crippen molar-refractivity contribution < 1.29 is 23.8 Å². The van der Waals surface area contributed by atoms with Gasteiger partial charge in [0.1, 0.15) is 17.2 Å². The van der Waals surface area contributed by atoms with Gasteiger partial charge in [-0.25, -0.2) is 0 Å². The first-order valence-electron chi connectivity index (χ1n) is 9.06. The first kappa shape index (κ1) is 20.0. The smallest absolute Gasteiger partial charge is 0.279 e. The second kappa shape index (κ2) is 9.45. The van der Waals surface area contributed by atoms with Gasteiger partial charge in [0.2, 0.25) is 0 Å². The minimum absolute atomic E-state index is 0.230. The van der Waals surface area contributed by atoms with Crippen molar-refractivity contribution in [2.45, 2.75) is 13.0 Å². The molecule has 0 radical (unpaired) electrons. The third-order valence-corrected chi connectivity index (χ3v) is 4.16. The van der Waals surface area contributed by atoms with Crippen LogP contribution in [0.4, 0.5) is 0 Å². The molecule has 1 atom stereocenters. The predicted molar refractivity (Wildman–Crippen MR) is 109 cm³/mol. The molecule has 2 N–H and O–H groups in total. The van der Waals surface area contributed by atoms with Crippen molar-refractivity contribution >= 4 is 22.6 Å². The molecule has 0 saturated carbocycles. The summed E-state index contributed by atoms with van der Waals surface area (Å²) in [5, 5.41) is 2.10. The second-order valence-corrected chi connectivity index (χ2v) is 6.27. The van der Waals surface area contributed by atoms with Gasteiger partial charge < -0.3 is 14.2 Å². The number of benzene rings is 3. The Morgan fingerprint density at radius 1 is 0.862 bits per heavy atom. The lowest BCUT2D eigenvalue weighted by Crippen LogP contribution is -2.48. The summed E-state index contributed by atoms with van der Waals surface area (Å²) in [6.07, 6.45) is -0.801. The Morgan fingerprint density at radius 3 is 2.24 bits per heavy atom. The molecule has 150 valence electrons. The SMILES string of the molecule is COc1ccc(OC(C)C(=O)NNC(=O)COc2ccc3ccccc3c2)cc1.